The van der Waals surface area contributed by atoms with Crippen LogP contribution in [0.2, 0.25) is 0 Å². The molecule has 0 unspecified atom stereocenters. The van der Waals surface area contributed by atoms with Crippen LogP contribution in [0.1, 0.15) is 34.1 Å². The quantitative estimate of drug-likeness (QED) is 0.669. The van der Waals surface area contributed by atoms with E-state index in [2.05, 4.69) is 13.0 Å². The zero-order chi connectivity index (χ0) is 12.6. The fraction of sp³-hybridized carbons (Fsp3) is 0.917. The maximum absolute atomic E-state index is 9.76. The van der Waals surface area contributed by atoms with E-state index in [1.54, 1.807) is 0 Å². The van der Waals surface area contributed by atoms with Gasteiger partial charge in [-0.2, -0.15) is 5.26 Å². The summed E-state index contributed by atoms with van der Waals surface area (Å²) in [6.45, 7) is 9.94. The first-order valence-corrected chi connectivity index (χ1v) is 5.80. The lowest BCUT2D eigenvalue weighted by atomic mass is 10.2. The molecule has 1 N–H and O–H groups in total. The van der Waals surface area contributed by atoms with Crippen LogP contribution in [0.15, 0.2) is 0 Å². The zero-order valence-electron chi connectivity index (χ0n) is 10.9. The van der Waals surface area contributed by atoms with Crippen LogP contribution in [0.25, 0.3) is 0 Å². The van der Waals surface area contributed by atoms with Gasteiger partial charge in [0.15, 0.2) is 0 Å². The van der Waals surface area contributed by atoms with Crippen molar-refractivity contribution in [2.75, 3.05) is 26.2 Å². The highest BCUT2D eigenvalue weighted by atomic mass is 16.5. The summed E-state index contributed by atoms with van der Waals surface area (Å²) in [5, 5.41) is 18.4. The van der Waals surface area contributed by atoms with Crippen molar-refractivity contribution in [3.8, 4) is 6.07 Å². The SMILES string of the molecule is CCCN(CC#N)C[C@H](O)COC(C)(C)C. The predicted octanol–water partition coefficient (Wildman–Crippen LogP) is 1.40. The molecule has 0 saturated heterocycles. The van der Waals surface area contributed by atoms with E-state index < -0.39 is 6.10 Å². The van der Waals surface area contributed by atoms with E-state index in [1.807, 2.05) is 25.7 Å². The van der Waals surface area contributed by atoms with Crippen molar-refractivity contribution in [2.24, 2.45) is 0 Å². The smallest absolute Gasteiger partial charge is 0.0900 e. The molecule has 0 aromatic rings. The molecule has 4 nitrogen and oxygen atoms in total. The van der Waals surface area contributed by atoms with Crippen molar-refractivity contribution < 1.29 is 9.84 Å². The van der Waals surface area contributed by atoms with Crippen LogP contribution in [0, 0.1) is 11.3 Å². The van der Waals surface area contributed by atoms with Crippen LogP contribution < -0.4 is 0 Å². The number of aliphatic hydroxyl groups excluding tert-OH is 1. The molecule has 0 heterocycles. The summed E-state index contributed by atoms with van der Waals surface area (Å²) >= 11 is 0. The zero-order valence-corrected chi connectivity index (χ0v) is 10.9. The van der Waals surface area contributed by atoms with Crippen molar-refractivity contribution in [1.29, 1.82) is 5.26 Å². The van der Waals surface area contributed by atoms with Gasteiger partial charge in [-0.1, -0.05) is 6.92 Å². The molecule has 0 radical (unpaired) electrons. The summed E-state index contributed by atoms with van der Waals surface area (Å²) in [5.41, 5.74) is -0.230. The molecule has 0 aliphatic heterocycles. The topological polar surface area (TPSA) is 56.5 Å². The number of aliphatic hydroxyl groups is 1. The minimum Gasteiger partial charge on any atom is -0.389 e. The van der Waals surface area contributed by atoms with Gasteiger partial charge in [0.1, 0.15) is 0 Å². The first-order chi connectivity index (χ1) is 7.39. The molecular formula is C12H24N2O2. The average molecular weight is 228 g/mol. The van der Waals surface area contributed by atoms with E-state index >= 15 is 0 Å². The Labute approximate surface area is 98.8 Å². The maximum Gasteiger partial charge on any atom is 0.0900 e. The molecule has 4 heteroatoms. The lowest BCUT2D eigenvalue weighted by molar-refractivity contribution is -0.0553. The van der Waals surface area contributed by atoms with Crippen LogP contribution in [0.5, 0.6) is 0 Å². The Morgan fingerprint density at radius 2 is 2.06 bits per heavy atom. The van der Waals surface area contributed by atoms with Crippen molar-refractivity contribution in [2.45, 2.75) is 45.8 Å². The largest absolute Gasteiger partial charge is 0.389 e. The van der Waals surface area contributed by atoms with Crippen LogP contribution in [-0.2, 0) is 4.74 Å². The minimum absolute atomic E-state index is 0.230. The summed E-state index contributed by atoms with van der Waals surface area (Å²) in [7, 11) is 0. The molecule has 0 spiro atoms. The van der Waals surface area contributed by atoms with Crippen LogP contribution >= 0.6 is 0 Å². The third-order valence-corrected chi connectivity index (χ3v) is 2.01. The third kappa shape index (κ3) is 8.66. The highest BCUT2D eigenvalue weighted by molar-refractivity contribution is 4.78. The Hall–Kier alpha value is -0.630. The highest BCUT2D eigenvalue weighted by Gasteiger charge is 2.15. The summed E-state index contributed by atoms with van der Waals surface area (Å²) in [6, 6.07) is 2.10. The standard InChI is InChI=1S/C12H24N2O2/c1-5-7-14(8-6-13)9-11(15)10-16-12(2,3)4/h11,15H,5,7-10H2,1-4H3/t11-/m0/s1. The van der Waals surface area contributed by atoms with Crippen molar-refractivity contribution >= 4 is 0 Å². The number of hydrogen-bond acceptors (Lipinski definition) is 4. The minimum atomic E-state index is -0.529. The molecule has 0 fully saturated rings. The van der Waals surface area contributed by atoms with Gasteiger partial charge in [0.2, 0.25) is 0 Å². The Morgan fingerprint density at radius 3 is 2.50 bits per heavy atom. The van der Waals surface area contributed by atoms with E-state index in [0.717, 1.165) is 13.0 Å². The van der Waals surface area contributed by atoms with Crippen LogP contribution in [0.3, 0.4) is 0 Å². The van der Waals surface area contributed by atoms with Gasteiger partial charge in [-0.05, 0) is 33.7 Å². The molecule has 0 amide bonds. The van der Waals surface area contributed by atoms with Crippen LogP contribution in [-0.4, -0.2) is 48.0 Å². The Balaban J connectivity index is 3.90. The molecule has 94 valence electrons. The first-order valence-electron chi connectivity index (χ1n) is 5.80. The summed E-state index contributed by atoms with van der Waals surface area (Å²) in [4.78, 5) is 1.94. The fourth-order valence-electron chi connectivity index (χ4n) is 1.35. The summed E-state index contributed by atoms with van der Waals surface area (Å²) in [6.07, 6.45) is 0.452. The monoisotopic (exact) mass is 228 g/mol. The second-order valence-corrected chi connectivity index (χ2v) is 4.97. The van der Waals surface area contributed by atoms with Crippen molar-refractivity contribution in [3.63, 3.8) is 0 Å². The van der Waals surface area contributed by atoms with Crippen molar-refractivity contribution in [3.05, 3.63) is 0 Å². The van der Waals surface area contributed by atoms with Gasteiger partial charge >= 0.3 is 0 Å². The number of nitriles is 1. The molecule has 0 saturated carbocycles. The Bertz CT molecular complexity index is 218. The van der Waals surface area contributed by atoms with Gasteiger partial charge in [-0.3, -0.25) is 4.90 Å². The lowest BCUT2D eigenvalue weighted by Crippen LogP contribution is -2.37. The molecule has 0 aromatic carbocycles. The maximum atomic E-state index is 9.76. The summed E-state index contributed by atoms with van der Waals surface area (Å²) < 4.78 is 5.49. The molecule has 1 atom stereocenters. The molecule has 0 aliphatic rings. The molecular weight excluding hydrogens is 204 g/mol. The van der Waals surface area contributed by atoms with Gasteiger partial charge in [0.05, 0.1) is 30.9 Å². The van der Waals surface area contributed by atoms with Gasteiger partial charge in [0.25, 0.3) is 0 Å². The number of nitrogens with zero attached hydrogens (tertiary/aromatic N) is 2. The average Bonchev–Trinajstić information content (AvgIpc) is 2.14. The van der Waals surface area contributed by atoms with Gasteiger partial charge in [-0.15, -0.1) is 0 Å². The molecule has 0 bridgehead atoms. The molecule has 0 aliphatic carbocycles. The number of ether oxygens (including phenoxy) is 1. The number of hydrogen-bond donors (Lipinski definition) is 1. The van der Waals surface area contributed by atoms with E-state index in [0.29, 0.717) is 19.7 Å². The second-order valence-electron chi connectivity index (χ2n) is 4.97. The third-order valence-electron chi connectivity index (χ3n) is 2.01. The van der Waals surface area contributed by atoms with E-state index in [1.165, 1.54) is 0 Å². The molecule has 0 rings (SSSR count). The van der Waals surface area contributed by atoms with Gasteiger partial charge in [0, 0.05) is 6.54 Å². The molecule has 16 heavy (non-hydrogen) atoms. The first kappa shape index (κ1) is 15.4. The Kier molecular flexibility index (Phi) is 7.31. The molecule has 0 aromatic heterocycles. The highest BCUT2D eigenvalue weighted by Crippen LogP contribution is 2.07. The van der Waals surface area contributed by atoms with E-state index in [9.17, 15) is 5.11 Å². The van der Waals surface area contributed by atoms with Crippen molar-refractivity contribution in [1.82, 2.24) is 4.90 Å². The second kappa shape index (κ2) is 7.61. The normalized spacial score (nSPS) is 13.8. The van der Waals surface area contributed by atoms with E-state index in [4.69, 9.17) is 10.00 Å². The predicted molar refractivity (Wildman–Crippen MR) is 64.1 cm³/mol. The van der Waals surface area contributed by atoms with E-state index in [-0.39, 0.29) is 5.60 Å². The Morgan fingerprint density at radius 1 is 1.44 bits per heavy atom. The van der Waals surface area contributed by atoms with Gasteiger partial charge in [-0.25, -0.2) is 0 Å². The van der Waals surface area contributed by atoms with Gasteiger partial charge < -0.3 is 9.84 Å². The number of rotatable bonds is 7. The van der Waals surface area contributed by atoms with Crippen LogP contribution in [0.4, 0.5) is 0 Å². The summed E-state index contributed by atoms with van der Waals surface area (Å²) in [5.74, 6) is 0. The fourth-order valence-corrected chi connectivity index (χ4v) is 1.35. The lowest BCUT2D eigenvalue weighted by Gasteiger charge is -2.25.